The van der Waals surface area contributed by atoms with Gasteiger partial charge in [0.25, 0.3) is 0 Å². The van der Waals surface area contributed by atoms with Crippen LogP contribution in [0.5, 0.6) is 0 Å². The molecule has 0 spiro atoms. The fourth-order valence-electron chi connectivity index (χ4n) is 8.53. The Hall–Kier alpha value is -8.20. The quantitative estimate of drug-likeness (QED) is 0.159. The van der Waals surface area contributed by atoms with E-state index in [1.807, 2.05) is 78.9 Å². The predicted molar refractivity (Wildman–Crippen MR) is 253 cm³/mol. The maximum atomic E-state index is 5.38. The van der Waals surface area contributed by atoms with Gasteiger partial charge in [-0.15, -0.1) is 11.3 Å². The van der Waals surface area contributed by atoms with Crippen LogP contribution in [0.3, 0.4) is 0 Å². The van der Waals surface area contributed by atoms with Crippen LogP contribution < -0.4 is 0 Å². The summed E-state index contributed by atoms with van der Waals surface area (Å²) in [5, 5.41) is 4.44. The molecule has 8 aromatic carbocycles. The van der Waals surface area contributed by atoms with Crippen molar-refractivity contribution in [3.8, 4) is 74.0 Å². The molecule has 0 aliphatic heterocycles. The molecule has 0 fully saturated rings. The molecule has 0 unspecified atom stereocenters. The number of fused-ring (bicyclic) bond motifs is 6. The van der Waals surface area contributed by atoms with E-state index in [-0.39, 0.29) is 0 Å². The van der Waals surface area contributed by atoms with Crippen LogP contribution in [-0.2, 0) is 0 Å². The van der Waals surface area contributed by atoms with E-state index in [1.165, 1.54) is 0 Å². The van der Waals surface area contributed by atoms with E-state index in [9.17, 15) is 0 Å². The van der Waals surface area contributed by atoms with Gasteiger partial charge in [0, 0.05) is 58.8 Å². The Morgan fingerprint density at radius 3 is 1.42 bits per heavy atom. The zero-order valence-electron chi connectivity index (χ0n) is 33.1. The van der Waals surface area contributed by atoms with Gasteiger partial charge in [0.15, 0.2) is 29.1 Å². The standard InChI is InChI=1S/C54H33N7S/c1-5-18-34(19-6-1)38-27-16-32-44-46(38)39-26-13-14-31-43(39)61(44)54-59-51(37-24-11-4-12-25-37)58-53(60-54)42-30-15-28-40-47-41(29-17-33-45(47)62-48(40)42)52-56-49(35-20-7-2-8-21-35)55-50(57-52)36-22-9-3-10-23-36/h1-33H. The Bertz CT molecular complexity index is 3570. The SMILES string of the molecule is c1ccc(-c2nc(-c3ccccc3)nc(-c3cccc4sc5c(-c6nc(-c7ccccc7)nc(-n7c8ccccc8c8c(-c9ccccc9)cccc87)n6)cccc5c34)n2)cc1. The van der Waals surface area contributed by atoms with Crippen molar-refractivity contribution in [2.75, 3.05) is 0 Å². The van der Waals surface area contributed by atoms with E-state index in [1.54, 1.807) is 11.3 Å². The molecule has 290 valence electrons. The molecule has 0 atom stereocenters. The number of hydrogen-bond acceptors (Lipinski definition) is 7. The molecule has 0 aliphatic rings. The highest BCUT2D eigenvalue weighted by molar-refractivity contribution is 7.26. The van der Waals surface area contributed by atoms with E-state index in [0.29, 0.717) is 35.1 Å². The predicted octanol–water partition coefficient (Wildman–Crippen LogP) is 13.5. The summed E-state index contributed by atoms with van der Waals surface area (Å²) >= 11 is 1.72. The third-order valence-corrected chi connectivity index (χ3v) is 12.5. The largest absolute Gasteiger partial charge is 0.278 e. The molecule has 4 aromatic heterocycles. The average Bonchev–Trinajstić information content (AvgIpc) is 3.91. The van der Waals surface area contributed by atoms with Gasteiger partial charge in [0.1, 0.15) is 0 Å². The van der Waals surface area contributed by atoms with Crippen molar-refractivity contribution in [1.82, 2.24) is 34.5 Å². The third kappa shape index (κ3) is 6.04. The van der Waals surface area contributed by atoms with Crippen molar-refractivity contribution in [1.29, 1.82) is 0 Å². The molecule has 8 heteroatoms. The zero-order valence-corrected chi connectivity index (χ0v) is 33.9. The number of rotatable bonds is 7. The number of aromatic nitrogens is 7. The van der Waals surface area contributed by atoms with Gasteiger partial charge < -0.3 is 0 Å². The van der Waals surface area contributed by atoms with Crippen molar-refractivity contribution in [3.63, 3.8) is 0 Å². The first kappa shape index (κ1) is 35.7. The Morgan fingerprint density at radius 1 is 0.306 bits per heavy atom. The van der Waals surface area contributed by atoms with Gasteiger partial charge in [-0.1, -0.05) is 176 Å². The summed E-state index contributed by atoms with van der Waals surface area (Å²) in [6.07, 6.45) is 0. The molecule has 0 saturated carbocycles. The van der Waals surface area contributed by atoms with E-state index in [2.05, 4.69) is 126 Å². The van der Waals surface area contributed by atoms with Crippen LogP contribution >= 0.6 is 11.3 Å². The lowest BCUT2D eigenvalue weighted by Gasteiger charge is -2.12. The fraction of sp³-hybridized carbons (Fsp3) is 0. The minimum atomic E-state index is 0.552. The van der Waals surface area contributed by atoms with Crippen LogP contribution in [0.15, 0.2) is 200 Å². The topological polar surface area (TPSA) is 82.3 Å². The molecule has 12 aromatic rings. The van der Waals surface area contributed by atoms with Gasteiger partial charge in [-0.3, -0.25) is 4.57 Å². The summed E-state index contributed by atoms with van der Waals surface area (Å²) in [6.45, 7) is 0. The molecule has 7 nitrogen and oxygen atoms in total. The summed E-state index contributed by atoms with van der Waals surface area (Å²) in [6, 6.07) is 68.6. The molecule has 62 heavy (non-hydrogen) atoms. The summed E-state index contributed by atoms with van der Waals surface area (Å²) in [5.74, 6) is 3.61. The monoisotopic (exact) mass is 811 g/mol. The molecule has 0 radical (unpaired) electrons. The zero-order chi connectivity index (χ0) is 41.0. The van der Waals surface area contributed by atoms with Crippen LogP contribution in [0.4, 0.5) is 0 Å². The molecule has 0 N–H and O–H groups in total. The maximum Gasteiger partial charge on any atom is 0.238 e. The lowest BCUT2D eigenvalue weighted by Crippen LogP contribution is -2.06. The Morgan fingerprint density at radius 2 is 0.758 bits per heavy atom. The number of thiophene rings is 1. The van der Waals surface area contributed by atoms with Gasteiger partial charge in [-0.05, 0) is 35.4 Å². The number of benzene rings is 8. The van der Waals surface area contributed by atoms with E-state index >= 15 is 0 Å². The average molecular weight is 812 g/mol. The molecule has 0 aliphatic carbocycles. The van der Waals surface area contributed by atoms with E-state index in [0.717, 1.165) is 80.9 Å². The van der Waals surface area contributed by atoms with Crippen LogP contribution in [-0.4, -0.2) is 34.5 Å². The second kappa shape index (κ2) is 14.8. The van der Waals surface area contributed by atoms with Crippen LogP contribution in [0.2, 0.25) is 0 Å². The van der Waals surface area contributed by atoms with Crippen molar-refractivity contribution < 1.29 is 0 Å². The van der Waals surface area contributed by atoms with Crippen molar-refractivity contribution in [2.24, 2.45) is 0 Å². The molecule has 0 saturated heterocycles. The highest BCUT2D eigenvalue weighted by Gasteiger charge is 2.23. The summed E-state index contributed by atoms with van der Waals surface area (Å²) < 4.78 is 4.37. The van der Waals surface area contributed by atoms with Gasteiger partial charge in [0.05, 0.1) is 11.0 Å². The molecular weight excluding hydrogens is 779 g/mol. The summed E-state index contributed by atoms with van der Waals surface area (Å²) in [5.41, 5.74) is 8.98. The van der Waals surface area contributed by atoms with Crippen LogP contribution in [0.1, 0.15) is 0 Å². The van der Waals surface area contributed by atoms with Gasteiger partial charge in [0.2, 0.25) is 5.95 Å². The molecular formula is C54H33N7S. The second-order valence-corrected chi connectivity index (χ2v) is 16.1. The van der Waals surface area contributed by atoms with E-state index in [4.69, 9.17) is 29.9 Å². The van der Waals surface area contributed by atoms with Crippen molar-refractivity contribution in [3.05, 3.63) is 200 Å². The Balaban J connectivity index is 1.09. The van der Waals surface area contributed by atoms with Crippen LogP contribution in [0, 0.1) is 0 Å². The highest BCUT2D eigenvalue weighted by atomic mass is 32.1. The normalized spacial score (nSPS) is 11.5. The molecule has 12 rings (SSSR count). The fourth-order valence-corrected chi connectivity index (χ4v) is 9.77. The Kier molecular flexibility index (Phi) is 8.53. The number of para-hydroxylation sites is 1. The molecule has 4 heterocycles. The van der Waals surface area contributed by atoms with Crippen molar-refractivity contribution in [2.45, 2.75) is 0 Å². The summed E-state index contributed by atoms with van der Waals surface area (Å²) in [7, 11) is 0. The van der Waals surface area contributed by atoms with Gasteiger partial charge in [-0.2, -0.15) is 9.97 Å². The second-order valence-electron chi connectivity index (χ2n) is 15.1. The lowest BCUT2D eigenvalue weighted by molar-refractivity contribution is 0.954. The molecule has 0 bridgehead atoms. The van der Waals surface area contributed by atoms with Crippen molar-refractivity contribution >= 4 is 53.3 Å². The van der Waals surface area contributed by atoms with Gasteiger partial charge in [-0.25, -0.2) is 19.9 Å². The van der Waals surface area contributed by atoms with E-state index < -0.39 is 0 Å². The third-order valence-electron chi connectivity index (χ3n) is 11.3. The minimum absolute atomic E-state index is 0.552. The maximum absolute atomic E-state index is 5.38. The first-order valence-corrected chi connectivity index (χ1v) is 21.3. The highest BCUT2D eigenvalue weighted by Crippen LogP contribution is 2.44. The Labute approximate surface area is 360 Å². The number of hydrogen-bond donors (Lipinski definition) is 0. The van der Waals surface area contributed by atoms with Gasteiger partial charge >= 0.3 is 0 Å². The minimum Gasteiger partial charge on any atom is -0.278 e. The summed E-state index contributed by atoms with van der Waals surface area (Å²) in [4.78, 5) is 31.1. The first-order valence-electron chi connectivity index (χ1n) is 20.5. The number of nitrogens with zero attached hydrogens (tertiary/aromatic N) is 7. The molecule has 0 amide bonds. The van der Waals surface area contributed by atoms with Crippen LogP contribution in [0.25, 0.3) is 116 Å². The lowest BCUT2D eigenvalue weighted by atomic mass is 9.99. The smallest absolute Gasteiger partial charge is 0.238 e. The first-order chi connectivity index (χ1) is 30.7.